The van der Waals surface area contributed by atoms with Crippen LogP contribution in [0.4, 0.5) is 20.2 Å². The van der Waals surface area contributed by atoms with Gasteiger partial charge in [-0.05, 0) is 42.8 Å². The van der Waals surface area contributed by atoms with E-state index in [1.54, 1.807) is 17.9 Å². The van der Waals surface area contributed by atoms with E-state index in [4.69, 9.17) is 4.74 Å². The first-order valence-electron chi connectivity index (χ1n) is 9.90. The van der Waals surface area contributed by atoms with E-state index in [0.29, 0.717) is 42.6 Å². The predicted molar refractivity (Wildman–Crippen MR) is 113 cm³/mol. The maximum Gasteiger partial charge on any atom is 0.357 e. The molecule has 1 aliphatic rings. The summed E-state index contributed by atoms with van der Waals surface area (Å²) < 4.78 is 34.7. The molecule has 1 saturated heterocycles. The second-order valence-electron chi connectivity index (χ2n) is 7.75. The van der Waals surface area contributed by atoms with Gasteiger partial charge in [-0.2, -0.15) is 0 Å². The first-order valence-corrected chi connectivity index (χ1v) is 9.90. The molecular weight excluding hydrogens is 408 g/mol. The summed E-state index contributed by atoms with van der Waals surface area (Å²) in [6.07, 6.45) is 0.823. The second kappa shape index (κ2) is 7.98. The van der Waals surface area contributed by atoms with Crippen molar-refractivity contribution in [1.82, 2.24) is 4.57 Å². The average molecular weight is 429 g/mol. The van der Waals surface area contributed by atoms with Gasteiger partial charge in [0, 0.05) is 44.4 Å². The number of aryl methyl sites for hydroxylation is 2. The Kier molecular flexibility index (Phi) is 5.34. The van der Waals surface area contributed by atoms with Crippen LogP contribution in [0.1, 0.15) is 18.4 Å². The van der Waals surface area contributed by atoms with E-state index in [9.17, 15) is 23.7 Å². The van der Waals surface area contributed by atoms with Gasteiger partial charge in [0.2, 0.25) is 0 Å². The molecule has 0 radical (unpaired) electrons. The van der Waals surface area contributed by atoms with Crippen molar-refractivity contribution in [1.29, 1.82) is 0 Å². The molecule has 3 aromatic rings. The minimum atomic E-state index is -0.743. The quantitative estimate of drug-likeness (QED) is 0.461. The lowest BCUT2D eigenvalue weighted by Gasteiger charge is -2.34. The van der Waals surface area contributed by atoms with Crippen LogP contribution in [0.5, 0.6) is 5.75 Å². The van der Waals surface area contributed by atoms with Gasteiger partial charge in [0.15, 0.2) is 0 Å². The second-order valence-corrected chi connectivity index (χ2v) is 7.75. The van der Waals surface area contributed by atoms with Crippen molar-refractivity contribution in [2.24, 2.45) is 7.05 Å². The molecule has 0 spiro atoms. The molecule has 1 aromatic heterocycles. The van der Waals surface area contributed by atoms with Crippen LogP contribution < -0.4 is 15.2 Å². The van der Waals surface area contributed by atoms with Gasteiger partial charge < -0.3 is 14.2 Å². The molecule has 0 N–H and O–H groups in total. The Morgan fingerprint density at radius 1 is 1.10 bits per heavy atom. The van der Waals surface area contributed by atoms with Crippen molar-refractivity contribution in [3.63, 3.8) is 0 Å². The highest BCUT2D eigenvalue weighted by atomic mass is 19.1. The number of rotatable bonds is 4. The van der Waals surface area contributed by atoms with Gasteiger partial charge in [-0.3, -0.25) is 14.9 Å². The minimum Gasteiger partial charge on any atom is -0.490 e. The SMILES string of the molecule is Cc1cc(F)cc(OC2CCN(c3c([N+](=O)[O-])c(=O)n(C)c4ccc(F)cc34)CC2)c1. The standard InChI is InChI=1S/C22H21F2N3O4/c1-13-9-15(24)11-17(10-13)31-16-5-7-26(8-6-16)20-18-12-14(23)3-4-19(18)25(2)22(28)21(20)27(29)30/h3-4,9-12,16H,5-8H2,1-2H3. The molecule has 1 aliphatic heterocycles. The zero-order valence-corrected chi connectivity index (χ0v) is 17.1. The summed E-state index contributed by atoms with van der Waals surface area (Å²) in [4.78, 5) is 25.5. The van der Waals surface area contributed by atoms with Gasteiger partial charge in [0.1, 0.15) is 29.2 Å². The number of halogens is 2. The van der Waals surface area contributed by atoms with Gasteiger partial charge in [0.25, 0.3) is 0 Å². The molecule has 0 bridgehead atoms. The fourth-order valence-corrected chi connectivity index (χ4v) is 4.13. The van der Waals surface area contributed by atoms with E-state index in [1.807, 2.05) is 0 Å². The van der Waals surface area contributed by atoms with Crippen molar-refractivity contribution in [3.8, 4) is 5.75 Å². The van der Waals surface area contributed by atoms with Gasteiger partial charge in [-0.1, -0.05) is 0 Å². The summed E-state index contributed by atoms with van der Waals surface area (Å²) >= 11 is 0. The third-order valence-corrected chi connectivity index (χ3v) is 5.57. The maximum absolute atomic E-state index is 14.0. The fraction of sp³-hybridized carbons (Fsp3) is 0.318. The van der Waals surface area contributed by atoms with Crippen LogP contribution in [0.15, 0.2) is 41.2 Å². The highest BCUT2D eigenvalue weighted by molar-refractivity contribution is 5.96. The molecule has 0 aliphatic carbocycles. The number of anilines is 1. The summed E-state index contributed by atoms with van der Waals surface area (Å²) in [5.41, 5.74) is -0.0200. The molecule has 0 unspecified atom stereocenters. The van der Waals surface area contributed by atoms with Crippen molar-refractivity contribution in [3.05, 3.63) is 74.1 Å². The molecule has 2 heterocycles. The lowest BCUT2D eigenvalue weighted by molar-refractivity contribution is -0.385. The largest absolute Gasteiger partial charge is 0.490 e. The van der Waals surface area contributed by atoms with E-state index in [1.165, 1.54) is 41.9 Å². The Morgan fingerprint density at radius 3 is 2.45 bits per heavy atom. The smallest absolute Gasteiger partial charge is 0.357 e. The third-order valence-electron chi connectivity index (χ3n) is 5.57. The number of ether oxygens (including phenoxy) is 1. The van der Waals surface area contributed by atoms with Crippen LogP contribution in [0.3, 0.4) is 0 Å². The third kappa shape index (κ3) is 3.95. The summed E-state index contributed by atoms with van der Waals surface area (Å²) in [5, 5.41) is 12.1. The highest BCUT2D eigenvalue weighted by Crippen LogP contribution is 2.36. The van der Waals surface area contributed by atoms with E-state index in [0.717, 1.165) is 5.56 Å². The number of piperidine rings is 1. The number of hydrogen-bond acceptors (Lipinski definition) is 5. The van der Waals surface area contributed by atoms with Crippen LogP contribution in [-0.2, 0) is 7.05 Å². The monoisotopic (exact) mass is 429 g/mol. The lowest BCUT2D eigenvalue weighted by atomic mass is 10.0. The number of benzene rings is 2. The Balaban J connectivity index is 1.66. The van der Waals surface area contributed by atoms with Crippen molar-refractivity contribution in [2.45, 2.75) is 25.9 Å². The zero-order valence-electron chi connectivity index (χ0n) is 17.1. The molecule has 1 fully saturated rings. The van der Waals surface area contributed by atoms with Crippen molar-refractivity contribution < 1.29 is 18.4 Å². The van der Waals surface area contributed by atoms with Crippen molar-refractivity contribution in [2.75, 3.05) is 18.0 Å². The van der Waals surface area contributed by atoms with Gasteiger partial charge >= 0.3 is 11.2 Å². The topological polar surface area (TPSA) is 77.6 Å². The Morgan fingerprint density at radius 2 is 1.81 bits per heavy atom. The molecule has 0 atom stereocenters. The molecule has 7 nitrogen and oxygen atoms in total. The van der Waals surface area contributed by atoms with Crippen LogP contribution in [0, 0.1) is 28.7 Å². The van der Waals surface area contributed by atoms with Gasteiger partial charge in [-0.25, -0.2) is 8.78 Å². The zero-order chi connectivity index (χ0) is 22.3. The molecule has 9 heteroatoms. The number of nitrogens with zero attached hydrogens (tertiary/aromatic N) is 3. The first kappa shape index (κ1) is 20.8. The number of aromatic nitrogens is 1. The molecule has 31 heavy (non-hydrogen) atoms. The van der Waals surface area contributed by atoms with Crippen LogP contribution in [-0.4, -0.2) is 28.7 Å². The summed E-state index contributed by atoms with van der Waals surface area (Å²) in [5.74, 6) is -0.485. The molecule has 4 rings (SSSR count). The lowest BCUT2D eigenvalue weighted by Crippen LogP contribution is -2.39. The number of hydrogen-bond donors (Lipinski definition) is 0. The van der Waals surface area contributed by atoms with Crippen LogP contribution in [0.25, 0.3) is 10.9 Å². The molecule has 0 saturated carbocycles. The molecule has 2 aromatic carbocycles. The average Bonchev–Trinajstić information content (AvgIpc) is 2.70. The first-order chi connectivity index (χ1) is 14.7. The molecular formula is C22H21F2N3O4. The molecule has 0 amide bonds. The molecule has 162 valence electrons. The summed E-state index contributed by atoms with van der Waals surface area (Å²) in [6, 6.07) is 8.36. The van der Waals surface area contributed by atoms with E-state index < -0.39 is 22.0 Å². The summed E-state index contributed by atoms with van der Waals surface area (Å²) in [7, 11) is 1.43. The fourth-order valence-electron chi connectivity index (χ4n) is 4.13. The van der Waals surface area contributed by atoms with Gasteiger partial charge in [-0.15, -0.1) is 0 Å². The van der Waals surface area contributed by atoms with Gasteiger partial charge in [0.05, 0.1) is 10.4 Å². The van der Waals surface area contributed by atoms with E-state index in [2.05, 4.69) is 0 Å². The Bertz CT molecular complexity index is 1210. The van der Waals surface area contributed by atoms with Crippen molar-refractivity contribution >= 4 is 22.3 Å². The van der Waals surface area contributed by atoms with Crippen LogP contribution in [0.2, 0.25) is 0 Å². The predicted octanol–water partition coefficient (Wildman–Crippen LogP) is 4.08. The highest BCUT2D eigenvalue weighted by Gasteiger charge is 2.31. The van der Waals surface area contributed by atoms with E-state index >= 15 is 0 Å². The van der Waals surface area contributed by atoms with E-state index in [-0.39, 0.29) is 17.6 Å². The van der Waals surface area contributed by atoms with Crippen LogP contribution >= 0.6 is 0 Å². The minimum absolute atomic E-state index is 0.127. The number of nitro groups is 1. The normalized spacial score (nSPS) is 14.8. The Hall–Kier alpha value is -3.49. The number of fused-ring (bicyclic) bond motifs is 1. The Labute approximate surface area is 176 Å². The summed E-state index contributed by atoms with van der Waals surface area (Å²) in [6.45, 7) is 2.52. The maximum atomic E-state index is 14.0. The number of pyridine rings is 1.